The van der Waals surface area contributed by atoms with Gasteiger partial charge in [-0.2, -0.15) is 0 Å². The summed E-state index contributed by atoms with van der Waals surface area (Å²) in [5, 5.41) is 10.0. The van der Waals surface area contributed by atoms with Gasteiger partial charge in [0.2, 0.25) is 0 Å². The predicted molar refractivity (Wildman–Crippen MR) is 82.8 cm³/mol. The average molecular weight is 288 g/mol. The molecule has 116 valence electrons. The fraction of sp³-hybridized carbons (Fsp3) is 0.842. The molecule has 0 radical (unpaired) electrons. The first-order valence-electron chi connectivity index (χ1n) is 8.89. The third-order valence-corrected chi connectivity index (χ3v) is 7.67. The van der Waals surface area contributed by atoms with Crippen molar-refractivity contribution in [3.05, 3.63) is 11.1 Å². The van der Waals surface area contributed by atoms with Gasteiger partial charge in [-0.15, -0.1) is 0 Å². The van der Waals surface area contributed by atoms with Crippen LogP contribution in [0.15, 0.2) is 11.1 Å². The number of Topliss-reactive ketones (excluding diaryl/α,β-unsaturated/α-hetero) is 1. The molecule has 2 fully saturated rings. The lowest BCUT2D eigenvalue weighted by molar-refractivity contribution is -0.126. The highest BCUT2D eigenvalue weighted by Crippen LogP contribution is 2.62. The van der Waals surface area contributed by atoms with Gasteiger partial charge in [0.1, 0.15) is 5.78 Å². The quantitative estimate of drug-likeness (QED) is 0.683. The number of allylic oxidation sites excluding steroid dienone is 2. The Morgan fingerprint density at radius 2 is 1.81 bits per heavy atom. The SMILES string of the molecule is C[C@]12CC[C@H](O)CC1CCC1=C2CC[C@]2(C)C(=O)CCC12. The molecule has 0 aromatic rings. The van der Waals surface area contributed by atoms with Crippen molar-refractivity contribution < 1.29 is 9.90 Å². The van der Waals surface area contributed by atoms with Gasteiger partial charge in [0.15, 0.2) is 0 Å². The molecule has 1 N–H and O–H groups in total. The van der Waals surface area contributed by atoms with Crippen molar-refractivity contribution >= 4 is 5.78 Å². The van der Waals surface area contributed by atoms with Crippen LogP contribution in [0.3, 0.4) is 0 Å². The lowest BCUT2D eigenvalue weighted by Crippen LogP contribution is -2.45. The summed E-state index contributed by atoms with van der Waals surface area (Å²) in [4.78, 5) is 12.4. The summed E-state index contributed by atoms with van der Waals surface area (Å²) >= 11 is 0. The Bertz CT molecular complexity index is 520. The van der Waals surface area contributed by atoms with E-state index < -0.39 is 0 Å². The van der Waals surface area contributed by atoms with Gasteiger partial charge in [0.25, 0.3) is 0 Å². The van der Waals surface area contributed by atoms with Crippen LogP contribution < -0.4 is 0 Å². The van der Waals surface area contributed by atoms with Crippen molar-refractivity contribution in [3.63, 3.8) is 0 Å². The summed E-state index contributed by atoms with van der Waals surface area (Å²) in [6, 6.07) is 0. The van der Waals surface area contributed by atoms with Crippen molar-refractivity contribution in [2.75, 3.05) is 0 Å². The Kier molecular flexibility index (Phi) is 2.96. The van der Waals surface area contributed by atoms with E-state index in [1.165, 1.54) is 12.8 Å². The minimum absolute atomic E-state index is 0.0454. The lowest BCUT2D eigenvalue weighted by Gasteiger charge is -2.53. The van der Waals surface area contributed by atoms with E-state index in [1.807, 2.05) is 0 Å². The molecule has 2 heteroatoms. The summed E-state index contributed by atoms with van der Waals surface area (Å²) in [6.45, 7) is 4.69. The maximum Gasteiger partial charge on any atom is 0.139 e. The molecule has 2 nitrogen and oxygen atoms in total. The minimum Gasteiger partial charge on any atom is -0.393 e. The fourth-order valence-electron chi connectivity index (χ4n) is 6.22. The van der Waals surface area contributed by atoms with E-state index in [1.54, 1.807) is 11.1 Å². The molecular formula is C19H28O2. The van der Waals surface area contributed by atoms with Crippen molar-refractivity contribution in [1.82, 2.24) is 0 Å². The molecular weight excluding hydrogens is 260 g/mol. The van der Waals surface area contributed by atoms with E-state index in [4.69, 9.17) is 0 Å². The number of rotatable bonds is 0. The Labute approximate surface area is 128 Å². The van der Waals surface area contributed by atoms with E-state index in [0.717, 1.165) is 44.9 Å². The van der Waals surface area contributed by atoms with Crippen LogP contribution in [-0.4, -0.2) is 17.0 Å². The van der Waals surface area contributed by atoms with Crippen LogP contribution in [0.2, 0.25) is 0 Å². The Morgan fingerprint density at radius 1 is 1.00 bits per heavy atom. The molecule has 2 saturated carbocycles. The molecule has 0 bridgehead atoms. The Hall–Kier alpha value is -0.630. The van der Waals surface area contributed by atoms with Gasteiger partial charge in [-0.3, -0.25) is 4.79 Å². The molecule has 5 atom stereocenters. The smallest absolute Gasteiger partial charge is 0.139 e. The molecule has 2 unspecified atom stereocenters. The van der Waals surface area contributed by atoms with Gasteiger partial charge >= 0.3 is 0 Å². The molecule has 0 aliphatic heterocycles. The van der Waals surface area contributed by atoms with Crippen LogP contribution in [-0.2, 0) is 4.79 Å². The molecule has 4 aliphatic rings. The summed E-state index contributed by atoms with van der Waals surface area (Å²) in [6.07, 6.45) is 9.55. The normalized spacial score (nSPS) is 49.7. The highest BCUT2D eigenvalue weighted by molar-refractivity contribution is 5.88. The van der Waals surface area contributed by atoms with Crippen molar-refractivity contribution in [1.29, 1.82) is 0 Å². The van der Waals surface area contributed by atoms with Crippen LogP contribution in [0.1, 0.15) is 71.6 Å². The van der Waals surface area contributed by atoms with Crippen molar-refractivity contribution in [2.45, 2.75) is 77.7 Å². The zero-order valence-electron chi connectivity index (χ0n) is 13.5. The molecule has 0 heterocycles. The topological polar surface area (TPSA) is 37.3 Å². The number of fused-ring (bicyclic) bond motifs is 4. The average Bonchev–Trinajstić information content (AvgIpc) is 2.76. The molecule has 21 heavy (non-hydrogen) atoms. The molecule has 0 aromatic heterocycles. The molecule has 0 amide bonds. The van der Waals surface area contributed by atoms with Gasteiger partial charge in [0, 0.05) is 11.8 Å². The van der Waals surface area contributed by atoms with Crippen LogP contribution in [0, 0.1) is 22.7 Å². The molecule has 0 saturated heterocycles. The number of aliphatic hydroxyl groups is 1. The molecule has 0 aromatic carbocycles. The number of carbonyl (C=O) groups is 1. The second-order valence-corrected chi connectivity index (χ2v) is 8.52. The van der Waals surface area contributed by atoms with Crippen molar-refractivity contribution in [3.8, 4) is 0 Å². The van der Waals surface area contributed by atoms with E-state index in [2.05, 4.69) is 13.8 Å². The van der Waals surface area contributed by atoms with E-state index in [0.29, 0.717) is 23.0 Å². The number of aliphatic hydroxyl groups excluding tert-OH is 1. The van der Waals surface area contributed by atoms with E-state index in [-0.39, 0.29) is 11.5 Å². The van der Waals surface area contributed by atoms with Gasteiger partial charge in [0.05, 0.1) is 6.10 Å². The van der Waals surface area contributed by atoms with Crippen LogP contribution in [0.25, 0.3) is 0 Å². The monoisotopic (exact) mass is 288 g/mol. The zero-order chi connectivity index (χ0) is 14.8. The van der Waals surface area contributed by atoms with Crippen LogP contribution in [0.5, 0.6) is 0 Å². The van der Waals surface area contributed by atoms with E-state index in [9.17, 15) is 9.90 Å². The summed E-state index contributed by atoms with van der Waals surface area (Å²) in [5.74, 6) is 1.73. The largest absolute Gasteiger partial charge is 0.393 e. The third kappa shape index (κ3) is 1.78. The molecule has 4 aliphatic carbocycles. The standard InChI is InChI=1S/C19H28O2/c1-18-9-7-13(20)11-12(18)3-4-14-15-5-6-17(21)19(15,2)10-8-16(14)18/h12-13,15,20H,3-11H2,1-2H3/t12?,13-,15?,18-,19-/m0/s1. The number of hydrogen-bond donors (Lipinski definition) is 1. The molecule has 4 rings (SSSR count). The maximum absolute atomic E-state index is 12.4. The number of hydrogen-bond acceptors (Lipinski definition) is 2. The minimum atomic E-state index is -0.0767. The number of ketones is 1. The first kappa shape index (κ1) is 14.0. The Morgan fingerprint density at radius 3 is 2.62 bits per heavy atom. The highest BCUT2D eigenvalue weighted by atomic mass is 16.3. The molecule has 0 spiro atoms. The van der Waals surface area contributed by atoms with Crippen LogP contribution in [0.4, 0.5) is 0 Å². The van der Waals surface area contributed by atoms with Gasteiger partial charge in [-0.1, -0.05) is 25.0 Å². The van der Waals surface area contributed by atoms with Crippen molar-refractivity contribution in [2.24, 2.45) is 22.7 Å². The fourth-order valence-corrected chi connectivity index (χ4v) is 6.22. The summed E-state index contributed by atoms with van der Waals surface area (Å²) in [5.41, 5.74) is 3.66. The second kappa shape index (κ2) is 4.44. The highest BCUT2D eigenvalue weighted by Gasteiger charge is 2.54. The first-order chi connectivity index (χ1) is 9.95. The maximum atomic E-state index is 12.4. The van der Waals surface area contributed by atoms with Crippen LogP contribution >= 0.6 is 0 Å². The third-order valence-electron chi connectivity index (χ3n) is 7.67. The lowest BCUT2D eigenvalue weighted by atomic mass is 9.51. The zero-order valence-corrected chi connectivity index (χ0v) is 13.5. The van der Waals surface area contributed by atoms with Gasteiger partial charge in [-0.25, -0.2) is 0 Å². The second-order valence-electron chi connectivity index (χ2n) is 8.52. The van der Waals surface area contributed by atoms with E-state index >= 15 is 0 Å². The predicted octanol–water partition coefficient (Wildman–Crippen LogP) is 4.02. The first-order valence-corrected chi connectivity index (χ1v) is 8.89. The number of carbonyl (C=O) groups excluding carboxylic acids is 1. The van der Waals surface area contributed by atoms with Gasteiger partial charge in [-0.05, 0) is 68.6 Å². The summed E-state index contributed by atoms with van der Waals surface area (Å²) in [7, 11) is 0. The summed E-state index contributed by atoms with van der Waals surface area (Å²) < 4.78 is 0. The van der Waals surface area contributed by atoms with Gasteiger partial charge < -0.3 is 5.11 Å². The Balaban J connectivity index is 1.75.